The number of amidine groups is 1. The molecule has 0 aliphatic carbocycles. The average molecular weight is 241 g/mol. The van der Waals surface area contributed by atoms with Crippen molar-refractivity contribution in [2.75, 3.05) is 26.2 Å². The smallest absolute Gasteiger partial charge is 0.241 e. The fraction of sp³-hybridized carbons (Fsp3) is 0.818. The summed E-state index contributed by atoms with van der Waals surface area (Å²) in [6.45, 7) is 5.32. The molecule has 2 rings (SSSR count). The number of carbonyl (C=O) groups excluding carboxylic acids is 1. The monoisotopic (exact) mass is 241 g/mol. The van der Waals surface area contributed by atoms with Crippen LogP contribution in [0.15, 0.2) is 4.99 Å². The number of amides is 1. The summed E-state index contributed by atoms with van der Waals surface area (Å²) in [6, 6.07) is 0. The molecule has 1 N–H and O–H groups in total. The summed E-state index contributed by atoms with van der Waals surface area (Å²) >= 11 is 1.76. The number of hydrogen-bond donors (Lipinski definition) is 1. The molecule has 0 spiro atoms. The first-order chi connectivity index (χ1) is 7.79. The first-order valence-electron chi connectivity index (χ1n) is 6.02. The van der Waals surface area contributed by atoms with Gasteiger partial charge in [0.15, 0.2) is 5.17 Å². The van der Waals surface area contributed by atoms with Crippen LogP contribution in [0.3, 0.4) is 0 Å². The van der Waals surface area contributed by atoms with E-state index in [1.807, 2.05) is 4.90 Å². The van der Waals surface area contributed by atoms with Gasteiger partial charge in [-0.1, -0.05) is 18.7 Å². The fourth-order valence-corrected chi connectivity index (χ4v) is 2.89. The number of rotatable bonds is 3. The molecule has 16 heavy (non-hydrogen) atoms. The topological polar surface area (TPSA) is 44.7 Å². The van der Waals surface area contributed by atoms with Crippen LogP contribution in [0.2, 0.25) is 0 Å². The minimum Gasteiger partial charge on any atom is -0.356 e. The summed E-state index contributed by atoms with van der Waals surface area (Å²) in [5.41, 5.74) is 0. The van der Waals surface area contributed by atoms with E-state index >= 15 is 0 Å². The Hall–Kier alpha value is -0.710. The first-order valence-corrected chi connectivity index (χ1v) is 6.90. The van der Waals surface area contributed by atoms with Crippen LogP contribution in [0.1, 0.15) is 26.2 Å². The fourth-order valence-electron chi connectivity index (χ4n) is 1.96. The second-order valence-electron chi connectivity index (χ2n) is 4.24. The number of hydrogen-bond acceptors (Lipinski definition) is 4. The molecule has 2 heterocycles. The van der Waals surface area contributed by atoms with E-state index < -0.39 is 0 Å². The Kier molecular flexibility index (Phi) is 4.09. The van der Waals surface area contributed by atoms with Gasteiger partial charge in [-0.2, -0.15) is 0 Å². The van der Waals surface area contributed by atoms with Crippen LogP contribution >= 0.6 is 11.8 Å². The highest BCUT2D eigenvalue weighted by Crippen LogP contribution is 2.21. The second kappa shape index (κ2) is 5.57. The van der Waals surface area contributed by atoms with Gasteiger partial charge >= 0.3 is 0 Å². The van der Waals surface area contributed by atoms with Gasteiger partial charge in [0.05, 0.1) is 13.1 Å². The highest BCUT2D eigenvalue weighted by Gasteiger charge is 2.20. The molecule has 2 aliphatic rings. The lowest BCUT2D eigenvalue weighted by Gasteiger charge is -2.15. The van der Waals surface area contributed by atoms with Crippen LogP contribution < -0.4 is 5.32 Å². The molecule has 0 bridgehead atoms. The third-order valence-corrected chi connectivity index (χ3v) is 4.33. The molecule has 1 unspecified atom stereocenters. The third kappa shape index (κ3) is 2.90. The van der Waals surface area contributed by atoms with Crippen LogP contribution in [0.4, 0.5) is 0 Å². The zero-order chi connectivity index (χ0) is 11.4. The Morgan fingerprint density at radius 3 is 2.94 bits per heavy atom. The Morgan fingerprint density at radius 2 is 2.31 bits per heavy atom. The van der Waals surface area contributed by atoms with Crippen molar-refractivity contribution >= 4 is 22.8 Å². The average Bonchev–Trinajstić information content (AvgIpc) is 2.96. The van der Waals surface area contributed by atoms with Crippen LogP contribution in [-0.2, 0) is 4.79 Å². The number of carbonyl (C=O) groups is 1. The minimum absolute atomic E-state index is 0.209. The molecular formula is C11H19N3OS. The molecule has 1 atom stereocenters. The van der Waals surface area contributed by atoms with E-state index in [0.29, 0.717) is 11.8 Å². The molecule has 4 nitrogen and oxygen atoms in total. The summed E-state index contributed by atoms with van der Waals surface area (Å²) in [5, 5.41) is 4.69. The Morgan fingerprint density at radius 1 is 1.56 bits per heavy atom. The van der Waals surface area contributed by atoms with Crippen molar-refractivity contribution in [1.82, 2.24) is 10.2 Å². The molecule has 90 valence electrons. The molecule has 5 heteroatoms. The lowest BCUT2D eigenvalue weighted by Crippen LogP contribution is -2.37. The lowest BCUT2D eigenvalue weighted by molar-refractivity contribution is -0.128. The molecule has 0 aromatic heterocycles. The second-order valence-corrected chi connectivity index (χ2v) is 5.52. The number of nitrogens with zero attached hydrogens (tertiary/aromatic N) is 2. The summed E-state index contributed by atoms with van der Waals surface area (Å²) in [5.74, 6) is 0.209. The largest absolute Gasteiger partial charge is 0.356 e. The predicted octanol–water partition coefficient (Wildman–Crippen LogP) is 1.08. The minimum atomic E-state index is 0.209. The normalized spacial score (nSPS) is 24.7. The van der Waals surface area contributed by atoms with Crippen molar-refractivity contribution in [3.63, 3.8) is 0 Å². The molecule has 1 saturated heterocycles. The Labute approximate surface area is 101 Å². The molecular weight excluding hydrogens is 222 g/mol. The lowest BCUT2D eigenvalue weighted by atomic mass is 10.3. The van der Waals surface area contributed by atoms with Gasteiger partial charge in [0.2, 0.25) is 5.91 Å². The zero-order valence-electron chi connectivity index (χ0n) is 9.74. The summed E-state index contributed by atoms with van der Waals surface area (Å²) < 4.78 is 0. The molecule has 0 aromatic carbocycles. The highest BCUT2D eigenvalue weighted by molar-refractivity contribution is 8.14. The Bertz CT molecular complexity index is 287. The van der Waals surface area contributed by atoms with E-state index in [1.165, 1.54) is 0 Å². The SMILES string of the molecule is CCC1CN=C(NCC(=O)N2CCCC2)S1. The molecule has 2 aliphatic heterocycles. The van der Waals surface area contributed by atoms with E-state index in [9.17, 15) is 4.79 Å². The van der Waals surface area contributed by atoms with Gasteiger partial charge in [-0.05, 0) is 19.3 Å². The highest BCUT2D eigenvalue weighted by atomic mass is 32.2. The van der Waals surface area contributed by atoms with E-state index in [2.05, 4.69) is 17.2 Å². The Balaban J connectivity index is 1.69. The van der Waals surface area contributed by atoms with Gasteiger partial charge in [0.1, 0.15) is 0 Å². The van der Waals surface area contributed by atoms with Gasteiger partial charge in [-0.25, -0.2) is 0 Å². The first kappa shape index (κ1) is 11.8. The van der Waals surface area contributed by atoms with Gasteiger partial charge in [0.25, 0.3) is 0 Å². The van der Waals surface area contributed by atoms with Crippen LogP contribution in [0.25, 0.3) is 0 Å². The molecule has 0 saturated carbocycles. The predicted molar refractivity (Wildman–Crippen MR) is 67.8 cm³/mol. The van der Waals surface area contributed by atoms with E-state index in [0.717, 1.165) is 44.1 Å². The van der Waals surface area contributed by atoms with Crippen molar-refractivity contribution < 1.29 is 4.79 Å². The van der Waals surface area contributed by atoms with E-state index in [4.69, 9.17) is 0 Å². The maximum atomic E-state index is 11.8. The number of thioether (sulfide) groups is 1. The van der Waals surface area contributed by atoms with Crippen molar-refractivity contribution in [3.05, 3.63) is 0 Å². The molecule has 0 radical (unpaired) electrons. The summed E-state index contributed by atoms with van der Waals surface area (Å²) in [6.07, 6.45) is 3.44. The van der Waals surface area contributed by atoms with Crippen molar-refractivity contribution in [2.45, 2.75) is 31.4 Å². The molecule has 1 amide bonds. The quantitative estimate of drug-likeness (QED) is 0.804. The molecule has 1 fully saturated rings. The maximum Gasteiger partial charge on any atom is 0.241 e. The van der Waals surface area contributed by atoms with Gasteiger partial charge in [0, 0.05) is 18.3 Å². The van der Waals surface area contributed by atoms with Crippen molar-refractivity contribution in [2.24, 2.45) is 4.99 Å². The summed E-state index contributed by atoms with van der Waals surface area (Å²) in [4.78, 5) is 18.1. The number of likely N-dealkylation sites (tertiary alicyclic amines) is 1. The zero-order valence-corrected chi connectivity index (χ0v) is 10.6. The van der Waals surface area contributed by atoms with Crippen LogP contribution in [-0.4, -0.2) is 47.4 Å². The van der Waals surface area contributed by atoms with E-state index in [-0.39, 0.29) is 5.91 Å². The van der Waals surface area contributed by atoms with Crippen molar-refractivity contribution in [3.8, 4) is 0 Å². The van der Waals surface area contributed by atoms with Gasteiger partial charge in [-0.15, -0.1) is 0 Å². The maximum absolute atomic E-state index is 11.8. The van der Waals surface area contributed by atoms with E-state index in [1.54, 1.807) is 11.8 Å². The number of aliphatic imine (C=N–C) groups is 1. The van der Waals surface area contributed by atoms with Crippen LogP contribution in [0.5, 0.6) is 0 Å². The van der Waals surface area contributed by atoms with Gasteiger partial charge < -0.3 is 10.2 Å². The standard InChI is InChI=1S/C11H19N3OS/c1-2-9-7-12-11(16-9)13-8-10(15)14-5-3-4-6-14/h9H,2-8H2,1H3,(H,12,13). The van der Waals surface area contributed by atoms with Crippen molar-refractivity contribution in [1.29, 1.82) is 0 Å². The molecule has 0 aromatic rings. The van der Waals surface area contributed by atoms with Crippen LogP contribution in [0, 0.1) is 0 Å². The van der Waals surface area contributed by atoms with Gasteiger partial charge in [-0.3, -0.25) is 9.79 Å². The third-order valence-electron chi connectivity index (χ3n) is 3.02. The summed E-state index contributed by atoms with van der Waals surface area (Å²) in [7, 11) is 0. The number of nitrogens with one attached hydrogen (secondary N) is 1.